The van der Waals surface area contributed by atoms with Crippen molar-refractivity contribution in [3.05, 3.63) is 59.3 Å². The quantitative estimate of drug-likeness (QED) is 0.695. The highest BCUT2D eigenvalue weighted by Gasteiger charge is 2.22. The summed E-state index contributed by atoms with van der Waals surface area (Å²) in [5, 5.41) is 10.2. The normalized spacial score (nSPS) is 12.0. The number of benzene rings is 2. The molecule has 1 heterocycles. The summed E-state index contributed by atoms with van der Waals surface area (Å²) in [6.45, 7) is 5.27. The van der Waals surface area contributed by atoms with Gasteiger partial charge in [-0.2, -0.15) is 5.10 Å². The number of hydrogen-bond acceptors (Lipinski definition) is 2. The highest BCUT2D eigenvalue weighted by atomic mass is 19.1. The van der Waals surface area contributed by atoms with Crippen LogP contribution in [-0.4, -0.2) is 16.1 Å². The van der Waals surface area contributed by atoms with E-state index in [0.29, 0.717) is 16.6 Å². The van der Waals surface area contributed by atoms with Crippen LogP contribution >= 0.6 is 0 Å². The molecule has 1 aromatic heterocycles. The van der Waals surface area contributed by atoms with Gasteiger partial charge in [-0.05, 0) is 29.8 Å². The van der Waals surface area contributed by atoms with E-state index in [9.17, 15) is 13.6 Å². The summed E-state index contributed by atoms with van der Waals surface area (Å²) in [4.78, 5) is 12.1. The standard InChI is InChI=1S/C20H19F2N3O/c1-20(2,3)19(26)23-18-10-14-16(24-25-17(14)11-15(18)22)9-6-12-4-7-13(21)8-5-12/h4-11H,1-3H3,(H,23,26)(H,24,25)/b9-6+. The summed E-state index contributed by atoms with van der Waals surface area (Å²) in [6.07, 6.45) is 3.53. The van der Waals surface area contributed by atoms with Gasteiger partial charge < -0.3 is 5.32 Å². The van der Waals surface area contributed by atoms with Crippen LogP contribution in [0.15, 0.2) is 36.4 Å². The summed E-state index contributed by atoms with van der Waals surface area (Å²) in [6, 6.07) is 8.90. The number of aromatic nitrogens is 2. The van der Waals surface area contributed by atoms with Crippen LogP contribution in [0.5, 0.6) is 0 Å². The van der Waals surface area contributed by atoms with Crippen molar-refractivity contribution in [2.24, 2.45) is 5.41 Å². The molecule has 0 saturated carbocycles. The second kappa shape index (κ2) is 6.71. The van der Waals surface area contributed by atoms with Crippen LogP contribution in [0.3, 0.4) is 0 Å². The molecule has 1 amide bonds. The van der Waals surface area contributed by atoms with Crippen LogP contribution in [0, 0.1) is 17.0 Å². The second-order valence-electron chi connectivity index (χ2n) is 7.08. The SMILES string of the molecule is CC(C)(C)C(=O)Nc1cc2c(/C=C/c3ccc(F)cc3)n[nH]c2cc1F. The van der Waals surface area contributed by atoms with Crippen LogP contribution < -0.4 is 5.32 Å². The highest BCUT2D eigenvalue weighted by molar-refractivity contribution is 5.98. The van der Waals surface area contributed by atoms with Gasteiger partial charge in [0.2, 0.25) is 5.91 Å². The van der Waals surface area contributed by atoms with Gasteiger partial charge in [0.15, 0.2) is 0 Å². The van der Waals surface area contributed by atoms with E-state index in [1.165, 1.54) is 18.2 Å². The molecule has 0 fully saturated rings. The van der Waals surface area contributed by atoms with Crippen molar-refractivity contribution >= 4 is 34.6 Å². The van der Waals surface area contributed by atoms with Gasteiger partial charge in [-0.25, -0.2) is 8.78 Å². The molecule has 0 aliphatic heterocycles. The number of H-pyrrole nitrogens is 1. The minimum absolute atomic E-state index is 0.107. The minimum atomic E-state index is -0.636. The van der Waals surface area contributed by atoms with Crippen LogP contribution in [0.2, 0.25) is 0 Å². The van der Waals surface area contributed by atoms with Crippen LogP contribution in [0.25, 0.3) is 23.1 Å². The highest BCUT2D eigenvalue weighted by Crippen LogP contribution is 2.27. The summed E-state index contributed by atoms with van der Waals surface area (Å²) >= 11 is 0. The number of nitrogens with one attached hydrogen (secondary N) is 2. The molecule has 3 rings (SSSR count). The molecule has 3 aromatic rings. The van der Waals surface area contributed by atoms with Crippen molar-refractivity contribution in [1.29, 1.82) is 0 Å². The molecule has 0 saturated heterocycles. The van der Waals surface area contributed by atoms with E-state index < -0.39 is 11.2 Å². The lowest BCUT2D eigenvalue weighted by Crippen LogP contribution is -2.28. The van der Waals surface area contributed by atoms with Gasteiger partial charge in [-0.1, -0.05) is 39.0 Å². The molecule has 0 radical (unpaired) electrons. The summed E-state index contributed by atoms with van der Waals surface area (Å²) in [5.41, 5.74) is 1.40. The smallest absolute Gasteiger partial charge is 0.229 e. The zero-order chi connectivity index (χ0) is 18.9. The molecule has 2 aromatic carbocycles. The van der Waals surface area contributed by atoms with Crippen molar-refractivity contribution in [3.63, 3.8) is 0 Å². The predicted molar refractivity (Wildman–Crippen MR) is 99.5 cm³/mol. The Morgan fingerprint density at radius 1 is 1.12 bits per heavy atom. The fraction of sp³-hybridized carbons (Fsp3) is 0.200. The monoisotopic (exact) mass is 355 g/mol. The molecule has 0 unspecified atom stereocenters. The van der Waals surface area contributed by atoms with Crippen molar-refractivity contribution in [2.45, 2.75) is 20.8 Å². The van der Waals surface area contributed by atoms with Gasteiger partial charge in [-0.15, -0.1) is 0 Å². The van der Waals surface area contributed by atoms with Crippen LogP contribution in [0.1, 0.15) is 32.0 Å². The average molecular weight is 355 g/mol. The first-order valence-electron chi connectivity index (χ1n) is 8.17. The first kappa shape index (κ1) is 17.8. The van der Waals surface area contributed by atoms with E-state index in [2.05, 4.69) is 15.5 Å². The molecular formula is C20H19F2N3O. The Morgan fingerprint density at radius 3 is 2.46 bits per heavy atom. The van der Waals surface area contributed by atoms with Gasteiger partial charge in [0.25, 0.3) is 0 Å². The van der Waals surface area contributed by atoms with Crippen molar-refractivity contribution in [1.82, 2.24) is 10.2 Å². The molecule has 6 heteroatoms. The lowest BCUT2D eigenvalue weighted by molar-refractivity contribution is -0.123. The van der Waals surface area contributed by atoms with Crippen molar-refractivity contribution < 1.29 is 13.6 Å². The summed E-state index contributed by atoms with van der Waals surface area (Å²) in [5.74, 6) is -1.11. The van der Waals surface area contributed by atoms with E-state index in [1.54, 1.807) is 51.1 Å². The number of carbonyl (C=O) groups excluding carboxylic acids is 1. The Balaban J connectivity index is 1.94. The lowest BCUT2D eigenvalue weighted by atomic mass is 9.95. The second-order valence-corrected chi connectivity index (χ2v) is 7.08. The number of amides is 1. The number of hydrogen-bond donors (Lipinski definition) is 2. The lowest BCUT2D eigenvalue weighted by Gasteiger charge is -2.18. The van der Waals surface area contributed by atoms with E-state index in [1.807, 2.05) is 0 Å². The Bertz CT molecular complexity index is 983. The van der Waals surface area contributed by atoms with Crippen molar-refractivity contribution in [2.75, 3.05) is 5.32 Å². The molecule has 0 aliphatic rings. The first-order valence-corrected chi connectivity index (χ1v) is 8.17. The number of rotatable bonds is 3. The Labute approximate surface area is 149 Å². The Morgan fingerprint density at radius 2 is 1.81 bits per heavy atom. The van der Waals surface area contributed by atoms with Gasteiger partial charge in [-0.3, -0.25) is 9.89 Å². The molecule has 0 bridgehead atoms. The number of fused-ring (bicyclic) bond motifs is 1. The number of anilines is 1. The van der Waals surface area contributed by atoms with Gasteiger partial charge in [0.1, 0.15) is 11.6 Å². The summed E-state index contributed by atoms with van der Waals surface area (Å²) in [7, 11) is 0. The zero-order valence-corrected chi connectivity index (χ0v) is 14.7. The number of halogens is 2. The van der Waals surface area contributed by atoms with E-state index in [-0.39, 0.29) is 17.4 Å². The maximum absolute atomic E-state index is 14.2. The third-order valence-corrected chi connectivity index (χ3v) is 3.91. The van der Waals surface area contributed by atoms with Crippen molar-refractivity contribution in [3.8, 4) is 0 Å². The van der Waals surface area contributed by atoms with E-state index in [0.717, 1.165) is 5.56 Å². The fourth-order valence-corrected chi connectivity index (χ4v) is 2.34. The number of nitrogens with zero attached hydrogens (tertiary/aromatic N) is 1. The zero-order valence-electron chi connectivity index (χ0n) is 14.7. The number of carbonyl (C=O) groups is 1. The number of aromatic amines is 1. The third kappa shape index (κ3) is 3.79. The topological polar surface area (TPSA) is 57.8 Å². The van der Waals surface area contributed by atoms with Gasteiger partial charge in [0.05, 0.1) is 16.9 Å². The first-order chi connectivity index (χ1) is 12.2. The van der Waals surface area contributed by atoms with E-state index in [4.69, 9.17) is 0 Å². The predicted octanol–water partition coefficient (Wildman–Crippen LogP) is 5.00. The largest absolute Gasteiger partial charge is 0.323 e. The molecule has 4 nitrogen and oxygen atoms in total. The molecular weight excluding hydrogens is 336 g/mol. The fourth-order valence-electron chi connectivity index (χ4n) is 2.34. The molecule has 2 N–H and O–H groups in total. The molecule has 134 valence electrons. The van der Waals surface area contributed by atoms with Crippen LogP contribution in [-0.2, 0) is 4.79 Å². The maximum atomic E-state index is 14.2. The summed E-state index contributed by atoms with van der Waals surface area (Å²) < 4.78 is 27.2. The minimum Gasteiger partial charge on any atom is -0.323 e. The van der Waals surface area contributed by atoms with Gasteiger partial charge in [0, 0.05) is 16.9 Å². The third-order valence-electron chi connectivity index (χ3n) is 3.91. The van der Waals surface area contributed by atoms with Gasteiger partial charge >= 0.3 is 0 Å². The Hall–Kier alpha value is -3.02. The van der Waals surface area contributed by atoms with E-state index >= 15 is 0 Å². The molecule has 0 aliphatic carbocycles. The Kier molecular flexibility index (Phi) is 4.59. The average Bonchev–Trinajstić information content (AvgIpc) is 2.95. The maximum Gasteiger partial charge on any atom is 0.229 e. The molecule has 0 atom stereocenters. The molecule has 26 heavy (non-hydrogen) atoms. The molecule has 0 spiro atoms. The van der Waals surface area contributed by atoms with Crippen LogP contribution in [0.4, 0.5) is 14.5 Å².